The summed E-state index contributed by atoms with van der Waals surface area (Å²) in [5, 5.41) is 14.3. The largest absolute Gasteiger partial charge is 0.423 e. The van der Waals surface area contributed by atoms with E-state index in [1.807, 2.05) is 0 Å². The Hall–Kier alpha value is -5.54. The Bertz CT molecular complexity index is 1680. The zero-order valence-corrected chi connectivity index (χ0v) is 25.1. The first kappa shape index (κ1) is 34.0. The van der Waals surface area contributed by atoms with Gasteiger partial charge in [-0.25, -0.2) is 4.79 Å². The Balaban J connectivity index is 1.70. The first-order valence-corrected chi connectivity index (χ1v) is 13.9. The number of amides is 6. The lowest BCUT2D eigenvalue weighted by molar-refractivity contribution is -0.132. The van der Waals surface area contributed by atoms with Gasteiger partial charge in [-0.05, 0) is 43.9 Å². The molecular weight excluding hydrogens is 590 g/mol. The number of aromatic nitrogens is 1. The minimum absolute atomic E-state index is 0.0338. The van der Waals surface area contributed by atoms with Gasteiger partial charge in [0.2, 0.25) is 29.5 Å². The minimum Gasteiger partial charge on any atom is -0.423 e. The lowest BCUT2D eigenvalue weighted by atomic mass is 10.0. The number of nitrogens with one attached hydrogen (secondary N) is 4. The number of rotatable bonds is 14. The van der Waals surface area contributed by atoms with Gasteiger partial charge in [0.15, 0.2) is 5.69 Å². The third-order valence-corrected chi connectivity index (χ3v) is 6.62. The highest BCUT2D eigenvalue weighted by Gasteiger charge is 2.31. The molecule has 0 aliphatic heterocycles. The van der Waals surface area contributed by atoms with Crippen LogP contribution in [0, 0.1) is 12.8 Å². The SMILES string of the molecule is Cc1cc(C(=O)N[C@H](C(=O)N[C@@H](CCC(N)=O)C(=O)N[C@@H](C)C(=O)Nc2ccc3c(CC(N)=O)cc(=O)oc3c2)C(C)C)no1. The van der Waals surface area contributed by atoms with E-state index in [0.29, 0.717) is 16.7 Å². The van der Waals surface area contributed by atoms with E-state index in [9.17, 15) is 33.6 Å². The van der Waals surface area contributed by atoms with Gasteiger partial charge in [0.1, 0.15) is 29.5 Å². The van der Waals surface area contributed by atoms with Gasteiger partial charge < -0.3 is 41.7 Å². The molecule has 0 saturated carbocycles. The zero-order valence-electron chi connectivity index (χ0n) is 25.1. The van der Waals surface area contributed by atoms with Gasteiger partial charge in [-0.15, -0.1) is 0 Å². The van der Waals surface area contributed by atoms with Crippen LogP contribution in [0.4, 0.5) is 5.69 Å². The van der Waals surface area contributed by atoms with Crippen LogP contribution in [0.25, 0.3) is 11.0 Å². The molecule has 8 N–H and O–H groups in total. The predicted molar refractivity (Wildman–Crippen MR) is 159 cm³/mol. The van der Waals surface area contributed by atoms with Crippen LogP contribution in [-0.2, 0) is 30.4 Å². The van der Waals surface area contributed by atoms with Crippen LogP contribution in [0.2, 0.25) is 0 Å². The number of hydrogen-bond acceptors (Lipinski definition) is 10. The van der Waals surface area contributed by atoms with Gasteiger partial charge >= 0.3 is 5.63 Å². The Kier molecular flexibility index (Phi) is 11.1. The smallest absolute Gasteiger partial charge is 0.336 e. The quantitative estimate of drug-likeness (QED) is 0.128. The van der Waals surface area contributed by atoms with Crippen molar-refractivity contribution >= 4 is 52.1 Å². The van der Waals surface area contributed by atoms with Crippen molar-refractivity contribution in [2.24, 2.45) is 17.4 Å². The second-order valence-electron chi connectivity index (χ2n) is 10.7. The number of carbonyl (C=O) groups is 6. The van der Waals surface area contributed by atoms with Crippen LogP contribution in [0.5, 0.6) is 0 Å². The number of fused-ring (bicyclic) bond motifs is 1. The third-order valence-electron chi connectivity index (χ3n) is 6.62. The van der Waals surface area contributed by atoms with Crippen molar-refractivity contribution in [3.8, 4) is 0 Å². The summed E-state index contributed by atoms with van der Waals surface area (Å²) in [7, 11) is 0. The Morgan fingerprint density at radius 3 is 2.20 bits per heavy atom. The standard InChI is InChI=1S/C29H35N7O9/c1-13(2)25(35-28(42)20-9-14(3)45-36-20)29(43)34-19(7-8-22(30)37)27(41)32-15(4)26(40)33-17-5-6-18-16(10-23(31)38)11-24(39)44-21(18)12-17/h5-6,9,11-13,15,19,25H,7-8,10H2,1-4H3,(H2,30,37)(H2,31,38)(H,32,41)(H,33,40)(H,34,43)(H,35,42)/t15-,19-,25-/m0/s1. The molecule has 0 radical (unpaired) electrons. The summed E-state index contributed by atoms with van der Waals surface area (Å²) in [6, 6.07) is 3.48. The molecule has 45 heavy (non-hydrogen) atoms. The number of nitrogens with zero attached hydrogens (tertiary/aromatic N) is 1. The van der Waals surface area contributed by atoms with Crippen LogP contribution < -0.4 is 38.4 Å². The summed E-state index contributed by atoms with van der Waals surface area (Å²) in [5.74, 6) is -4.19. The lowest BCUT2D eigenvalue weighted by Crippen LogP contribution is -2.57. The molecule has 2 heterocycles. The molecule has 3 aromatic rings. The van der Waals surface area contributed by atoms with Gasteiger partial charge in [0.25, 0.3) is 5.91 Å². The summed E-state index contributed by atoms with van der Waals surface area (Å²) in [6.07, 6.45) is -0.619. The van der Waals surface area contributed by atoms with E-state index in [1.54, 1.807) is 26.8 Å². The number of hydrogen-bond donors (Lipinski definition) is 6. The maximum absolute atomic E-state index is 13.2. The van der Waals surface area contributed by atoms with Crippen molar-refractivity contribution in [3.63, 3.8) is 0 Å². The Labute approximate surface area is 256 Å². The van der Waals surface area contributed by atoms with Crippen molar-refractivity contribution in [1.29, 1.82) is 0 Å². The fourth-order valence-corrected chi connectivity index (χ4v) is 4.31. The number of anilines is 1. The number of primary amides is 2. The topological polar surface area (TPSA) is 259 Å². The molecule has 2 aromatic heterocycles. The van der Waals surface area contributed by atoms with Gasteiger partial charge in [0.05, 0.1) is 6.42 Å². The number of aryl methyl sites for hydroxylation is 1. The average Bonchev–Trinajstić information content (AvgIpc) is 3.38. The maximum Gasteiger partial charge on any atom is 0.336 e. The average molecular weight is 626 g/mol. The monoisotopic (exact) mass is 625 g/mol. The molecule has 3 rings (SSSR count). The Morgan fingerprint density at radius 2 is 1.60 bits per heavy atom. The highest BCUT2D eigenvalue weighted by Crippen LogP contribution is 2.22. The van der Waals surface area contributed by atoms with Crippen molar-refractivity contribution in [3.05, 3.63) is 57.8 Å². The second-order valence-corrected chi connectivity index (χ2v) is 10.7. The van der Waals surface area contributed by atoms with E-state index in [-0.39, 0.29) is 36.2 Å². The minimum atomic E-state index is -1.29. The molecular formula is C29H35N7O9. The summed E-state index contributed by atoms with van der Waals surface area (Å²) in [5.41, 5.74) is 10.5. The molecule has 6 amide bonds. The normalized spacial score (nSPS) is 13.0. The lowest BCUT2D eigenvalue weighted by Gasteiger charge is -2.25. The van der Waals surface area contributed by atoms with E-state index in [0.717, 1.165) is 6.07 Å². The van der Waals surface area contributed by atoms with E-state index >= 15 is 0 Å². The van der Waals surface area contributed by atoms with E-state index in [2.05, 4.69) is 26.4 Å². The molecule has 0 fully saturated rings. The molecule has 16 heteroatoms. The van der Waals surface area contributed by atoms with E-state index in [1.165, 1.54) is 25.1 Å². The molecule has 0 aliphatic carbocycles. The van der Waals surface area contributed by atoms with Gasteiger partial charge in [-0.3, -0.25) is 28.8 Å². The predicted octanol–water partition coefficient (Wildman–Crippen LogP) is -0.235. The van der Waals surface area contributed by atoms with Crippen LogP contribution in [0.1, 0.15) is 55.4 Å². The molecule has 0 bridgehead atoms. The fourth-order valence-electron chi connectivity index (χ4n) is 4.31. The van der Waals surface area contributed by atoms with Crippen molar-refractivity contribution in [2.45, 2.75) is 65.1 Å². The van der Waals surface area contributed by atoms with E-state index < -0.39 is 65.1 Å². The molecule has 0 saturated heterocycles. The first-order valence-electron chi connectivity index (χ1n) is 13.9. The summed E-state index contributed by atoms with van der Waals surface area (Å²) in [4.78, 5) is 86.7. The highest BCUT2D eigenvalue weighted by molar-refractivity contribution is 6.00. The molecule has 0 aliphatic rings. The fraction of sp³-hybridized carbons (Fsp3) is 0.379. The summed E-state index contributed by atoms with van der Waals surface area (Å²) < 4.78 is 10.1. The van der Waals surface area contributed by atoms with Crippen LogP contribution in [-0.4, -0.2) is 58.7 Å². The first-order chi connectivity index (χ1) is 21.1. The van der Waals surface area contributed by atoms with Crippen molar-refractivity contribution in [2.75, 3.05) is 5.32 Å². The third kappa shape index (κ3) is 9.47. The van der Waals surface area contributed by atoms with Gasteiger partial charge in [0, 0.05) is 35.7 Å². The highest BCUT2D eigenvalue weighted by atomic mass is 16.5. The summed E-state index contributed by atoms with van der Waals surface area (Å²) >= 11 is 0. The summed E-state index contributed by atoms with van der Waals surface area (Å²) in [6.45, 7) is 6.35. The molecule has 16 nitrogen and oxygen atoms in total. The number of nitrogens with two attached hydrogens (primary N) is 2. The van der Waals surface area contributed by atoms with Crippen molar-refractivity contribution < 1.29 is 37.7 Å². The second kappa shape index (κ2) is 14.8. The molecule has 1 aromatic carbocycles. The maximum atomic E-state index is 13.2. The molecule has 0 unspecified atom stereocenters. The number of carbonyl (C=O) groups excluding carboxylic acids is 6. The van der Waals surface area contributed by atoms with Gasteiger partial charge in [-0.1, -0.05) is 19.0 Å². The number of benzene rings is 1. The zero-order chi connectivity index (χ0) is 33.4. The molecule has 3 atom stereocenters. The Morgan fingerprint density at radius 1 is 0.889 bits per heavy atom. The van der Waals surface area contributed by atoms with Gasteiger partial charge in [-0.2, -0.15) is 0 Å². The molecule has 240 valence electrons. The van der Waals surface area contributed by atoms with Crippen molar-refractivity contribution in [1.82, 2.24) is 21.1 Å². The van der Waals surface area contributed by atoms with Crippen LogP contribution in [0.3, 0.4) is 0 Å². The van der Waals surface area contributed by atoms with Crippen LogP contribution >= 0.6 is 0 Å². The molecule has 0 spiro atoms. The van der Waals surface area contributed by atoms with E-state index in [4.69, 9.17) is 20.4 Å². The van der Waals surface area contributed by atoms with Crippen LogP contribution in [0.15, 0.2) is 44.1 Å².